The lowest BCUT2D eigenvalue weighted by Gasteiger charge is -2.27. The van der Waals surface area contributed by atoms with E-state index in [1.54, 1.807) is 20.8 Å². The zero-order valence-electron chi connectivity index (χ0n) is 17.3. The first-order valence-corrected chi connectivity index (χ1v) is 11.6. The molecular weight excluding hydrogens is 415 g/mol. The molecule has 0 saturated carbocycles. The van der Waals surface area contributed by atoms with Gasteiger partial charge in [-0.2, -0.15) is 0 Å². The van der Waals surface area contributed by atoms with Crippen molar-refractivity contribution in [3.8, 4) is 0 Å². The number of ether oxygens (including phenoxy) is 1. The average molecular weight is 443 g/mol. The molecule has 2 amide bonds. The number of nitrogens with one attached hydrogen (secondary N) is 1. The van der Waals surface area contributed by atoms with Gasteiger partial charge in [0.1, 0.15) is 11.9 Å². The van der Waals surface area contributed by atoms with Crippen molar-refractivity contribution < 1.29 is 31.9 Å². The first-order chi connectivity index (χ1) is 14.1. The van der Waals surface area contributed by atoms with Gasteiger partial charge < -0.3 is 15.0 Å². The van der Waals surface area contributed by atoms with Gasteiger partial charge in [-0.3, -0.25) is 9.59 Å². The number of hydrogen-bond acceptors (Lipinski definition) is 6. The predicted molar refractivity (Wildman–Crippen MR) is 108 cm³/mol. The molecule has 2 rings (SSSR count). The van der Waals surface area contributed by atoms with E-state index in [2.05, 4.69) is 5.32 Å². The molecule has 0 radical (unpaired) electrons. The second kappa shape index (κ2) is 10.0. The summed E-state index contributed by atoms with van der Waals surface area (Å²) in [6.07, 6.45) is 0.350. The molecule has 1 fully saturated rings. The maximum Gasteiger partial charge on any atom is 0.329 e. The van der Waals surface area contributed by atoms with Gasteiger partial charge in [-0.1, -0.05) is 26.0 Å². The molecule has 1 saturated heterocycles. The molecule has 1 aliphatic heterocycles. The number of likely N-dealkylation sites (N-methyl/N-ethyl adjacent to an activating group) is 1. The highest BCUT2D eigenvalue weighted by atomic mass is 32.2. The van der Waals surface area contributed by atoms with Crippen LogP contribution in [0.15, 0.2) is 24.3 Å². The first kappa shape index (κ1) is 23.8. The SMILES string of the molecule is CCN(C(=O)COC(=O)[C@@H](NC(=O)c1ccccc1F)C(C)C)C1CCS(=O)(=O)C1. The Labute approximate surface area is 175 Å². The first-order valence-electron chi connectivity index (χ1n) is 9.77. The van der Waals surface area contributed by atoms with Gasteiger partial charge in [0, 0.05) is 12.6 Å². The number of benzene rings is 1. The van der Waals surface area contributed by atoms with Gasteiger partial charge in [-0.25, -0.2) is 17.6 Å². The van der Waals surface area contributed by atoms with Gasteiger partial charge >= 0.3 is 5.97 Å². The molecule has 166 valence electrons. The van der Waals surface area contributed by atoms with E-state index >= 15 is 0 Å². The highest BCUT2D eigenvalue weighted by Gasteiger charge is 2.35. The molecular formula is C20H27FN2O6S. The van der Waals surface area contributed by atoms with Crippen LogP contribution in [-0.4, -0.2) is 67.8 Å². The van der Waals surface area contributed by atoms with Gasteiger partial charge in [-0.15, -0.1) is 0 Å². The van der Waals surface area contributed by atoms with Crippen LogP contribution in [0.4, 0.5) is 4.39 Å². The topological polar surface area (TPSA) is 110 Å². The fraction of sp³-hybridized carbons (Fsp3) is 0.550. The normalized spacial score (nSPS) is 18.6. The van der Waals surface area contributed by atoms with Crippen LogP contribution >= 0.6 is 0 Å². The van der Waals surface area contributed by atoms with Gasteiger partial charge in [0.05, 0.1) is 17.1 Å². The number of carbonyl (C=O) groups is 3. The summed E-state index contributed by atoms with van der Waals surface area (Å²) in [7, 11) is -3.16. The molecule has 2 atom stereocenters. The largest absolute Gasteiger partial charge is 0.454 e. The Kier molecular flexibility index (Phi) is 7.94. The second-order valence-electron chi connectivity index (χ2n) is 7.52. The third-order valence-electron chi connectivity index (χ3n) is 4.97. The van der Waals surface area contributed by atoms with E-state index in [1.165, 1.54) is 23.1 Å². The van der Waals surface area contributed by atoms with Crippen molar-refractivity contribution in [3.05, 3.63) is 35.6 Å². The maximum atomic E-state index is 13.8. The molecule has 1 aromatic rings. The lowest BCUT2D eigenvalue weighted by atomic mass is 10.0. The summed E-state index contributed by atoms with van der Waals surface area (Å²) < 4.78 is 42.2. The number of halogens is 1. The zero-order valence-corrected chi connectivity index (χ0v) is 18.1. The van der Waals surface area contributed by atoms with Crippen molar-refractivity contribution in [1.29, 1.82) is 0 Å². The van der Waals surface area contributed by atoms with E-state index < -0.39 is 52.1 Å². The summed E-state index contributed by atoms with van der Waals surface area (Å²) in [5, 5.41) is 2.45. The Morgan fingerprint density at radius 3 is 2.47 bits per heavy atom. The van der Waals surface area contributed by atoms with Crippen molar-refractivity contribution in [2.75, 3.05) is 24.7 Å². The molecule has 0 aliphatic carbocycles. The van der Waals surface area contributed by atoms with Crippen molar-refractivity contribution in [1.82, 2.24) is 10.2 Å². The predicted octanol–water partition coefficient (Wildman–Crippen LogP) is 1.16. The maximum absolute atomic E-state index is 13.8. The Morgan fingerprint density at radius 2 is 1.93 bits per heavy atom. The zero-order chi connectivity index (χ0) is 22.5. The molecule has 0 bridgehead atoms. The molecule has 10 heteroatoms. The summed E-state index contributed by atoms with van der Waals surface area (Å²) in [6, 6.07) is 3.87. The van der Waals surface area contributed by atoms with Gasteiger partial charge in [0.15, 0.2) is 16.4 Å². The smallest absolute Gasteiger partial charge is 0.329 e. The van der Waals surface area contributed by atoms with E-state index in [-0.39, 0.29) is 29.5 Å². The van der Waals surface area contributed by atoms with Crippen molar-refractivity contribution in [3.63, 3.8) is 0 Å². The molecule has 0 spiro atoms. The second-order valence-corrected chi connectivity index (χ2v) is 9.75. The Morgan fingerprint density at radius 1 is 1.27 bits per heavy atom. The minimum atomic E-state index is -3.16. The standard InChI is InChI=1S/C20H27FN2O6S/c1-4-23(14-9-10-30(27,28)12-14)17(24)11-29-20(26)18(13(2)3)22-19(25)15-7-5-6-8-16(15)21/h5-8,13-14,18H,4,9-12H2,1-3H3,(H,22,25)/t14?,18-/m0/s1. The van der Waals surface area contributed by atoms with Crippen molar-refractivity contribution in [2.24, 2.45) is 5.92 Å². The third kappa shape index (κ3) is 6.01. The Balaban J connectivity index is 1.98. The van der Waals surface area contributed by atoms with E-state index in [1.807, 2.05) is 0 Å². The molecule has 1 N–H and O–H groups in total. The minimum absolute atomic E-state index is 0.0265. The van der Waals surface area contributed by atoms with E-state index in [0.717, 1.165) is 6.07 Å². The average Bonchev–Trinajstić information content (AvgIpc) is 3.04. The van der Waals surface area contributed by atoms with Crippen LogP contribution in [0, 0.1) is 11.7 Å². The Hall–Kier alpha value is -2.49. The number of hydrogen-bond donors (Lipinski definition) is 1. The van der Waals surface area contributed by atoms with Crippen LogP contribution in [0.3, 0.4) is 0 Å². The lowest BCUT2D eigenvalue weighted by Crippen LogP contribution is -2.47. The van der Waals surface area contributed by atoms with Crippen LogP contribution in [0.2, 0.25) is 0 Å². The summed E-state index contributed by atoms with van der Waals surface area (Å²) >= 11 is 0. The molecule has 8 nitrogen and oxygen atoms in total. The third-order valence-corrected chi connectivity index (χ3v) is 6.72. The highest BCUT2D eigenvalue weighted by Crippen LogP contribution is 2.18. The van der Waals surface area contributed by atoms with Crippen LogP contribution in [-0.2, 0) is 24.2 Å². The van der Waals surface area contributed by atoms with Gasteiger partial charge in [0.25, 0.3) is 11.8 Å². The fourth-order valence-electron chi connectivity index (χ4n) is 3.33. The number of amides is 2. The molecule has 1 heterocycles. The lowest BCUT2D eigenvalue weighted by molar-refractivity contribution is -0.155. The molecule has 1 unspecified atom stereocenters. The Bertz CT molecular complexity index is 902. The minimum Gasteiger partial charge on any atom is -0.454 e. The summed E-state index contributed by atoms with van der Waals surface area (Å²) in [6.45, 7) is 4.79. The molecule has 30 heavy (non-hydrogen) atoms. The van der Waals surface area contributed by atoms with Crippen molar-refractivity contribution >= 4 is 27.6 Å². The van der Waals surface area contributed by atoms with E-state index in [4.69, 9.17) is 4.74 Å². The summed E-state index contributed by atoms with van der Waals surface area (Å²) in [5.41, 5.74) is -0.202. The fourth-order valence-corrected chi connectivity index (χ4v) is 5.06. The van der Waals surface area contributed by atoms with E-state index in [9.17, 15) is 27.2 Å². The molecule has 0 aromatic heterocycles. The molecule has 1 aromatic carbocycles. The quantitative estimate of drug-likeness (QED) is 0.605. The number of rotatable bonds is 8. The highest BCUT2D eigenvalue weighted by molar-refractivity contribution is 7.91. The van der Waals surface area contributed by atoms with Gasteiger partial charge in [-0.05, 0) is 31.4 Å². The number of nitrogens with zero attached hydrogens (tertiary/aromatic N) is 1. The molecule has 1 aliphatic rings. The monoisotopic (exact) mass is 442 g/mol. The summed E-state index contributed by atoms with van der Waals surface area (Å²) in [5.74, 6) is -3.25. The van der Waals surface area contributed by atoms with Crippen LogP contribution in [0.1, 0.15) is 37.6 Å². The van der Waals surface area contributed by atoms with Crippen LogP contribution in [0.5, 0.6) is 0 Å². The summed E-state index contributed by atoms with van der Waals surface area (Å²) in [4.78, 5) is 38.7. The number of carbonyl (C=O) groups excluding carboxylic acids is 3. The van der Waals surface area contributed by atoms with Crippen LogP contribution < -0.4 is 5.32 Å². The van der Waals surface area contributed by atoms with Gasteiger partial charge in [0.2, 0.25) is 0 Å². The number of sulfone groups is 1. The number of esters is 1. The van der Waals surface area contributed by atoms with Crippen molar-refractivity contribution in [2.45, 2.75) is 39.3 Å². The van der Waals surface area contributed by atoms with E-state index in [0.29, 0.717) is 6.42 Å². The van der Waals surface area contributed by atoms with Crippen LogP contribution in [0.25, 0.3) is 0 Å².